The highest BCUT2D eigenvalue weighted by molar-refractivity contribution is 7.97. The van der Waals surface area contributed by atoms with Gasteiger partial charge in [-0.25, -0.2) is 4.98 Å². The van der Waals surface area contributed by atoms with Crippen molar-refractivity contribution in [1.82, 2.24) is 14.6 Å². The molecule has 0 aliphatic carbocycles. The minimum atomic E-state index is 0.104. The van der Waals surface area contributed by atoms with Crippen LogP contribution in [-0.4, -0.2) is 49.5 Å². The molecule has 2 rings (SSSR count). The summed E-state index contributed by atoms with van der Waals surface area (Å²) < 4.78 is 2.95. The SMILES string of the molecule is CNSc1ccc(N2CCN(C)C(=O)C2)nc1Cl. The molecule has 18 heavy (non-hydrogen) atoms. The number of hydrogen-bond donors (Lipinski definition) is 1. The number of nitrogens with one attached hydrogen (secondary N) is 1. The third-order valence-corrected chi connectivity index (χ3v) is 3.95. The number of nitrogens with zero attached hydrogens (tertiary/aromatic N) is 3. The van der Waals surface area contributed by atoms with Gasteiger partial charge in [-0.05, 0) is 31.1 Å². The molecular formula is C11H15ClN4OS. The molecule has 7 heteroatoms. The van der Waals surface area contributed by atoms with E-state index in [4.69, 9.17) is 11.6 Å². The number of amides is 1. The van der Waals surface area contributed by atoms with Crippen molar-refractivity contribution in [2.24, 2.45) is 0 Å². The number of pyridine rings is 1. The van der Waals surface area contributed by atoms with Crippen molar-refractivity contribution in [2.45, 2.75) is 4.90 Å². The monoisotopic (exact) mass is 286 g/mol. The lowest BCUT2D eigenvalue weighted by Crippen LogP contribution is -2.48. The minimum absolute atomic E-state index is 0.104. The maximum absolute atomic E-state index is 11.6. The van der Waals surface area contributed by atoms with Crippen LogP contribution in [0.5, 0.6) is 0 Å². The van der Waals surface area contributed by atoms with Crippen LogP contribution in [0.25, 0.3) is 0 Å². The molecule has 0 unspecified atom stereocenters. The second-order valence-electron chi connectivity index (χ2n) is 4.00. The Kier molecular flexibility index (Phi) is 4.31. The van der Waals surface area contributed by atoms with Gasteiger partial charge in [0, 0.05) is 20.1 Å². The number of likely N-dealkylation sites (N-methyl/N-ethyl adjacent to an activating group) is 1. The first-order chi connectivity index (χ1) is 8.61. The van der Waals surface area contributed by atoms with E-state index in [0.29, 0.717) is 18.2 Å². The summed E-state index contributed by atoms with van der Waals surface area (Å²) in [5, 5.41) is 0.457. The van der Waals surface area contributed by atoms with E-state index in [1.807, 2.05) is 31.1 Å². The molecule has 1 aromatic rings. The van der Waals surface area contributed by atoms with Gasteiger partial charge in [0.05, 0.1) is 11.4 Å². The van der Waals surface area contributed by atoms with Crippen molar-refractivity contribution in [2.75, 3.05) is 38.6 Å². The molecule has 0 bridgehead atoms. The van der Waals surface area contributed by atoms with Crippen molar-refractivity contribution >= 4 is 35.3 Å². The fraction of sp³-hybridized carbons (Fsp3) is 0.455. The number of carbonyl (C=O) groups excluding carboxylic acids is 1. The van der Waals surface area contributed by atoms with E-state index in [2.05, 4.69) is 9.71 Å². The number of anilines is 1. The minimum Gasteiger partial charge on any atom is -0.345 e. The van der Waals surface area contributed by atoms with Gasteiger partial charge in [0.15, 0.2) is 0 Å². The number of aromatic nitrogens is 1. The maximum Gasteiger partial charge on any atom is 0.241 e. The molecule has 1 fully saturated rings. The highest BCUT2D eigenvalue weighted by Gasteiger charge is 2.22. The molecule has 2 heterocycles. The quantitative estimate of drug-likeness (QED) is 0.669. The molecule has 0 saturated carbocycles. The lowest BCUT2D eigenvalue weighted by atomic mass is 10.3. The molecule has 1 N–H and O–H groups in total. The number of rotatable bonds is 3. The third kappa shape index (κ3) is 2.88. The zero-order chi connectivity index (χ0) is 13.1. The van der Waals surface area contributed by atoms with Crippen LogP contribution < -0.4 is 9.62 Å². The van der Waals surface area contributed by atoms with Crippen LogP contribution in [0, 0.1) is 0 Å². The van der Waals surface area contributed by atoms with E-state index in [9.17, 15) is 4.79 Å². The van der Waals surface area contributed by atoms with E-state index < -0.39 is 0 Å². The Balaban J connectivity index is 2.14. The fourth-order valence-electron chi connectivity index (χ4n) is 1.73. The molecule has 1 aromatic heterocycles. The summed E-state index contributed by atoms with van der Waals surface area (Å²) in [5.41, 5.74) is 0. The first-order valence-corrected chi connectivity index (χ1v) is 6.80. The molecular weight excluding hydrogens is 272 g/mol. The van der Waals surface area contributed by atoms with Crippen molar-refractivity contribution in [1.29, 1.82) is 0 Å². The third-order valence-electron chi connectivity index (χ3n) is 2.79. The van der Waals surface area contributed by atoms with Crippen molar-refractivity contribution in [3.63, 3.8) is 0 Å². The Morgan fingerprint density at radius 2 is 2.22 bits per heavy atom. The fourth-order valence-corrected chi connectivity index (χ4v) is 2.48. The summed E-state index contributed by atoms with van der Waals surface area (Å²) in [6.45, 7) is 1.85. The number of carbonyl (C=O) groups is 1. The molecule has 1 amide bonds. The zero-order valence-corrected chi connectivity index (χ0v) is 11.9. The highest BCUT2D eigenvalue weighted by atomic mass is 35.5. The summed E-state index contributed by atoms with van der Waals surface area (Å²) >= 11 is 7.52. The van der Waals surface area contributed by atoms with Gasteiger partial charge in [-0.15, -0.1) is 0 Å². The van der Waals surface area contributed by atoms with Crippen molar-refractivity contribution in [3.8, 4) is 0 Å². The van der Waals surface area contributed by atoms with E-state index >= 15 is 0 Å². The van der Waals surface area contributed by atoms with Crippen LogP contribution in [-0.2, 0) is 4.79 Å². The Labute approximate surface area is 116 Å². The molecule has 1 aliphatic heterocycles. The van der Waals surface area contributed by atoms with Crippen LogP contribution >= 0.6 is 23.5 Å². The van der Waals surface area contributed by atoms with Gasteiger partial charge < -0.3 is 9.80 Å². The summed E-state index contributed by atoms with van der Waals surface area (Å²) in [4.78, 5) is 20.5. The summed E-state index contributed by atoms with van der Waals surface area (Å²) in [6.07, 6.45) is 0. The molecule has 5 nitrogen and oxygen atoms in total. The largest absolute Gasteiger partial charge is 0.345 e. The Morgan fingerprint density at radius 3 is 2.83 bits per heavy atom. The molecule has 1 aliphatic rings. The summed E-state index contributed by atoms with van der Waals surface area (Å²) in [5.74, 6) is 0.856. The van der Waals surface area contributed by atoms with E-state index in [1.54, 1.807) is 4.90 Å². The van der Waals surface area contributed by atoms with Gasteiger partial charge >= 0.3 is 0 Å². The van der Waals surface area contributed by atoms with Crippen molar-refractivity contribution < 1.29 is 4.79 Å². The van der Waals surface area contributed by atoms with Crippen LogP contribution in [0.3, 0.4) is 0 Å². The molecule has 0 radical (unpaired) electrons. The highest BCUT2D eigenvalue weighted by Crippen LogP contribution is 2.26. The van der Waals surface area contributed by atoms with Gasteiger partial charge in [-0.2, -0.15) is 0 Å². The average molecular weight is 287 g/mol. The topological polar surface area (TPSA) is 48.5 Å². The van der Waals surface area contributed by atoms with Crippen LogP contribution in [0.2, 0.25) is 5.15 Å². The number of piperazine rings is 1. The molecule has 0 spiro atoms. The molecule has 98 valence electrons. The number of hydrogen-bond acceptors (Lipinski definition) is 5. The molecule has 1 saturated heterocycles. The molecule has 0 aromatic carbocycles. The Hall–Kier alpha value is -0.980. The Bertz CT molecular complexity index is 457. The lowest BCUT2D eigenvalue weighted by molar-refractivity contribution is -0.129. The summed E-state index contributed by atoms with van der Waals surface area (Å²) in [6, 6.07) is 3.80. The van der Waals surface area contributed by atoms with E-state index in [1.165, 1.54) is 11.9 Å². The van der Waals surface area contributed by atoms with Crippen LogP contribution in [0.4, 0.5) is 5.82 Å². The Morgan fingerprint density at radius 1 is 1.44 bits per heavy atom. The smallest absolute Gasteiger partial charge is 0.241 e. The second-order valence-corrected chi connectivity index (χ2v) is 5.41. The molecule has 0 atom stereocenters. The van der Waals surface area contributed by atoms with Gasteiger partial charge in [0.1, 0.15) is 11.0 Å². The first-order valence-electron chi connectivity index (χ1n) is 5.61. The van der Waals surface area contributed by atoms with Gasteiger partial charge in [0.25, 0.3) is 0 Å². The zero-order valence-electron chi connectivity index (χ0n) is 10.3. The maximum atomic E-state index is 11.6. The predicted octanol–water partition coefficient (Wildman–Crippen LogP) is 1.24. The predicted molar refractivity (Wildman–Crippen MR) is 74.0 cm³/mol. The van der Waals surface area contributed by atoms with Gasteiger partial charge in [-0.1, -0.05) is 11.6 Å². The average Bonchev–Trinajstić information content (AvgIpc) is 2.35. The van der Waals surface area contributed by atoms with Gasteiger partial charge in [0.2, 0.25) is 5.91 Å². The first kappa shape index (κ1) is 13.5. The van der Waals surface area contributed by atoms with Crippen molar-refractivity contribution in [3.05, 3.63) is 17.3 Å². The summed E-state index contributed by atoms with van der Waals surface area (Å²) in [7, 11) is 3.64. The van der Waals surface area contributed by atoms with Crippen LogP contribution in [0.1, 0.15) is 0 Å². The standard InChI is InChI=1S/C11H15ClN4OS/c1-13-18-8-3-4-9(14-11(8)12)16-6-5-15(2)10(17)7-16/h3-4,13H,5-7H2,1-2H3. The normalized spacial score (nSPS) is 16.3. The van der Waals surface area contributed by atoms with E-state index in [0.717, 1.165) is 17.3 Å². The number of halogens is 1. The lowest BCUT2D eigenvalue weighted by Gasteiger charge is -2.32. The van der Waals surface area contributed by atoms with Gasteiger partial charge in [-0.3, -0.25) is 9.52 Å². The second kappa shape index (κ2) is 5.77. The van der Waals surface area contributed by atoms with E-state index in [-0.39, 0.29) is 5.91 Å². The van der Waals surface area contributed by atoms with Crippen LogP contribution in [0.15, 0.2) is 17.0 Å².